The smallest absolute Gasteiger partial charge is 0.389 e. The highest BCUT2D eigenvalue weighted by atomic mass is 19.4. The van der Waals surface area contributed by atoms with Crippen molar-refractivity contribution in [1.29, 1.82) is 0 Å². The third-order valence-electron chi connectivity index (χ3n) is 4.12. The molecule has 0 aromatic rings. The van der Waals surface area contributed by atoms with Crippen LogP contribution in [0.25, 0.3) is 0 Å². The highest BCUT2D eigenvalue weighted by Crippen LogP contribution is 2.33. The molecule has 0 aromatic heterocycles. The first-order valence-electron chi connectivity index (χ1n) is 7.02. The normalized spacial score (nSPS) is 25.3. The lowest BCUT2D eigenvalue weighted by molar-refractivity contribution is -0.186. The zero-order valence-corrected chi connectivity index (χ0v) is 11.5. The maximum atomic E-state index is 12.7. The Morgan fingerprint density at radius 1 is 1.37 bits per heavy atom. The second-order valence-corrected chi connectivity index (χ2v) is 5.57. The SMILES string of the molecule is CCC(O)(CN)CCCN1CCCC(C(F)(F)F)C1. The van der Waals surface area contributed by atoms with Gasteiger partial charge in [0, 0.05) is 13.1 Å². The topological polar surface area (TPSA) is 49.5 Å². The summed E-state index contributed by atoms with van der Waals surface area (Å²) < 4.78 is 38.0. The molecular weight excluding hydrogens is 257 g/mol. The summed E-state index contributed by atoms with van der Waals surface area (Å²) in [6.45, 7) is 3.49. The molecule has 3 nitrogen and oxygen atoms in total. The molecular formula is C13H25F3N2O. The molecule has 1 heterocycles. The molecule has 1 saturated heterocycles. The standard InChI is InChI=1S/C13H25F3N2O/c1-2-12(19,10-17)6-4-8-18-7-3-5-11(9-18)13(14,15)16/h11,19H,2-10,17H2,1H3. The van der Waals surface area contributed by atoms with Crippen molar-refractivity contribution in [2.24, 2.45) is 11.7 Å². The van der Waals surface area contributed by atoms with Crippen molar-refractivity contribution in [2.45, 2.75) is 50.8 Å². The van der Waals surface area contributed by atoms with Crippen molar-refractivity contribution in [3.05, 3.63) is 0 Å². The van der Waals surface area contributed by atoms with Gasteiger partial charge in [-0.3, -0.25) is 0 Å². The van der Waals surface area contributed by atoms with Gasteiger partial charge in [0.15, 0.2) is 0 Å². The number of nitrogens with zero attached hydrogens (tertiary/aromatic N) is 1. The molecule has 0 saturated carbocycles. The van der Waals surface area contributed by atoms with Gasteiger partial charge in [-0.15, -0.1) is 0 Å². The van der Waals surface area contributed by atoms with Crippen LogP contribution in [0.5, 0.6) is 0 Å². The van der Waals surface area contributed by atoms with E-state index in [0.29, 0.717) is 32.2 Å². The number of likely N-dealkylation sites (tertiary alicyclic amines) is 1. The average Bonchev–Trinajstić information content (AvgIpc) is 2.38. The van der Waals surface area contributed by atoms with Crippen molar-refractivity contribution < 1.29 is 18.3 Å². The van der Waals surface area contributed by atoms with Crippen LogP contribution in [0.15, 0.2) is 0 Å². The highest BCUT2D eigenvalue weighted by Gasteiger charge is 2.41. The first-order chi connectivity index (χ1) is 8.80. The zero-order valence-electron chi connectivity index (χ0n) is 11.5. The van der Waals surface area contributed by atoms with Crippen LogP contribution in [0.2, 0.25) is 0 Å². The van der Waals surface area contributed by atoms with Crippen LogP contribution < -0.4 is 5.73 Å². The van der Waals surface area contributed by atoms with Crippen LogP contribution >= 0.6 is 0 Å². The predicted molar refractivity (Wildman–Crippen MR) is 68.7 cm³/mol. The lowest BCUT2D eigenvalue weighted by atomic mass is 9.93. The molecule has 19 heavy (non-hydrogen) atoms. The molecule has 2 unspecified atom stereocenters. The summed E-state index contributed by atoms with van der Waals surface area (Å²) in [7, 11) is 0. The summed E-state index contributed by atoms with van der Waals surface area (Å²) in [5.41, 5.74) is 4.64. The highest BCUT2D eigenvalue weighted by molar-refractivity contribution is 4.81. The molecule has 114 valence electrons. The molecule has 0 spiro atoms. The molecule has 1 rings (SSSR count). The lowest BCUT2D eigenvalue weighted by Crippen LogP contribution is -2.43. The number of nitrogens with two attached hydrogens (primary N) is 1. The number of rotatable bonds is 6. The van der Waals surface area contributed by atoms with Gasteiger partial charge in [-0.2, -0.15) is 13.2 Å². The van der Waals surface area contributed by atoms with E-state index in [1.807, 2.05) is 11.8 Å². The maximum absolute atomic E-state index is 12.7. The van der Waals surface area contributed by atoms with Gasteiger partial charge >= 0.3 is 6.18 Å². The van der Waals surface area contributed by atoms with Crippen molar-refractivity contribution >= 4 is 0 Å². The molecule has 0 aromatic carbocycles. The van der Waals surface area contributed by atoms with Gasteiger partial charge in [0.1, 0.15) is 0 Å². The van der Waals surface area contributed by atoms with Crippen LogP contribution in [0.3, 0.4) is 0 Å². The second kappa shape index (κ2) is 6.90. The Balaban J connectivity index is 2.34. The quantitative estimate of drug-likeness (QED) is 0.785. The van der Waals surface area contributed by atoms with Gasteiger partial charge in [-0.25, -0.2) is 0 Å². The molecule has 3 N–H and O–H groups in total. The monoisotopic (exact) mass is 282 g/mol. The Morgan fingerprint density at radius 3 is 2.58 bits per heavy atom. The van der Waals surface area contributed by atoms with Crippen LogP contribution in [0.4, 0.5) is 13.2 Å². The van der Waals surface area contributed by atoms with Gasteiger partial charge in [0.2, 0.25) is 0 Å². The third kappa shape index (κ3) is 5.28. The van der Waals surface area contributed by atoms with Crippen LogP contribution in [0.1, 0.15) is 39.0 Å². The Morgan fingerprint density at radius 2 is 2.05 bits per heavy atom. The number of halogens is 3. The van der Waals surface area contributed by atoms with Crippen molar-refractivity contribution in [1.82, 2.24) is 4.90 Å². The first kappa shape index (κ1) is 16.7. The van der Waals surface area contributed by atoms with E-state index < -0.39 is 17.7 Å². The van der Waals surface area contributed by atoms with E-state index in [0.717, 1.165) is 6.54 Å². The molecule has 1 fully saturated rings. The van der Waals surface area contributed by atoms with Gasteiger partial charge < -0.3 is 15.7 Å². The van der Waals surface area contributed by atoms with Gasteiger partial charge in [0.25, 0.3) is 0 Å². The van der Waals surface area contributed by atoms with E-state index in [1.165, 1.54) is 0 Å². The van der Waals surface area contributed by atoms with E-state index in [-0.39, 0.29) is 19.5 Å². The minimum atomic E-state index is -4.08. The van der Waals surface area contributed by atoms with E-state index in [4.69, 9.17) is 5.73 Å². The van der Waals surface area contributed by atoms with Crippen LogP contribution in [-0.2, 0) is 0 Å². The number of hydrogen-bond acceptors (Lipinski definition) is 3. The molecule has 0 bridgehead atoms. The largest absolute Gasteiger partial charge is 0.393 e. The lowest BCUT2D eigenvalue weighted by Gasteiger charge is -2.34. The number of alkyl halides is 3. The zero-order chi connectivity index (χ0) is 14.5. The van der Waals surface area contributed by atoms with E-state index in [2.05, 4.69) is 0 Å². The summed E-state index contributed by atoms with van der Waals surface area (Å²) >= 11 is 0. The van der Waals surface area contributed by atoms with Crippen molar-refractivity contribution in [2.75, 3.05) is 26.2 Å². The third-order valence-corrected chi connectivity index (χ3v) is 4.12. The van der Waals surface area contributed by atoms with Crippen LogP contribution in [0, 0.1) is 5.92 Å². The summed E-state index contributed by atoms with van der Waals surface area (Å²) in [4.78, 5) is 1.86. The van der Waals surface area contributed by atoms with Gasteiger partial charge in [0.05, 0.1) is 11.5 Å². The first-order valence-corrected chi connectivity index (χ1v) is 7.02. The molecule has 1 aliphatic heterocycles. The molecule has 1 aliphatic rings. The molecule has 0 aliphatic carbocycles. The minimum Gasteiger partial charge on any atom is -0.389 e. The second-order valence-electron chi connectivity index (χ2n) is 5.57. The van der Waals surface area contributed by atoms with Gasteiger partial charge in [-0.1, -0.05) is 6.92 Å². The van der Waals surface area contributed by atoms with Gasteiger partial charge in [-0.05, 0) is 45.2 Å². The van der Waals surface area contributed by atoms with E-state index >= 15 is 0 Å². The number of piperidine rings is 1. The fourth-order valence-corrected chi connectivity index (χ4v) is 2.58. The molecule has 0 radical (unpaired) electrons. The Labute approximate surface area is 113 Å². The molecule has 0 amide bonds. The Hall–Kier alpha value is -0.330. The van der Waals surface area contributed by atoms with Crippen molar-refractivity contribution in [3.63, 3.8) is 0 Å². The summed E-state index contributed by atoms with van der Waals surface area (Å²) in [6, 6.07) is 0. The Kier molecular flexibility index (Phi) is 6.08. The summed E-state index contributed by atoms with van der Waals surface area (Å²) in [5.74, 6) is -1.19. The maximum Gasteiger partial charge on any atom is 0.393 e. The minimum absolute atomic E-state index is 0.0939. The number of hydrogen-bond donors (Lipinski definition) is 2. The van der Waals surface area contributed by atoms with Crippen LogP contribution in [-0.4, -0.2) is 48.0 Å². The van der Waals surface area contributed by atoms with E-state index in [9.17, 15) is 18.3 Å². The van der Waals surface area contributed by atoms with Crippen molar-refractivity contribution in [3.8, 4) is 0 Å². The summed E-state index contributed by atoms with van der Waals surface area (Å²) in [6.07, 6.45) is -1.44. The summed E-state index contributed by atoms with van der Waals surface area (Å²) in [5, 5.41) is 10.0. The average molecular weight is 282 g/mol. The fourth-order valence-electron chi connectivity index (χ4n) is 2.58. The van der Waals surface area contributed by atoms with E-state index in [1.54, 1.807) is 0 Å². The predicted octanol–water partition coefficient (Wildman–Crippen LogP) is 2.14. The Bertz CT molecular complexity index is 267. The molecule has 6 heteroatoms. The number of aliphatic hydroxyl groups is 1. The molecule has 2 atom stereocenters. The fraction of sp³-hybridized carbons (Fsp3) is 1.00.